The van der Waals surface area contributed by atoms with E-state index in [-0.39, 0.29) is 6.03 Å². The first-order chi connectivity index (χ1) is 10.3. The van der Waals surface area contributed by atoms with Crippen LogP contribution in [-0.2, 0) is 0 Å². The molecule has 2 aromatic carbocycles. The van der Waals surface area contributed by atoms with E-state index in [9.17, 15) is 4.79 Å². The number of benzene rings is 2. The first-order valence-electron chi connectivity index (χ1n) is 6.99. The lowest BCUT2D eigenvalue weighted by atomic mass is 10.0. The van der Waals surface area contributed by atoms with Crippen molar-refractivity contribution >= 4 is 22.6 Å². The van der Waals surface area contributed by atoms with E-state index in [1.807, 2.05) is 43.5 Å². The van der Waals surface area contributed by atoms with Gasteiger partial charge < -0.3 is 15.6 Å². The third-order valence-corrected chi connectivity index (χ3v) is 3.36. The van der Waals surface area contributed by atoms with Gasteiger partial charge >= 0.3 is 6.03 Å². The molecule has 0 saturated heterocycles. The summed E-state index contributed by atoms with van der Waals surface area (Å²) in [5.41, 5.74) is 4.07. The number of aromatic amines is 1. The van der Waals surface area contributed by atoms with Crippen molar-refractivity contribution in [1.29, 1.82) is 0 Å². The van der Waals surface area contributed by atoms with Gasteiger partial charge in [-0.1, -0.05) is 30.3 Å². The Labute approximate surface area is 123 Å². The van der Waals surface area contributed by atoms with E-state index in [2.05, 4.69) is 33.8 Å². The Morgan fingerprint density at radius 1 is 1.14 bits per heavy atom. The minimum Gasteiger partial charge on any atom is -0.361 e. The van der Waals surface area contributed by atoms with Crippen LogP contribution in [0, 0.1) is 0 Å². The standard InChI is InChI=1S/C17H17N3O/c1-2-18-17(21)20-14-7-3-6-13(11-14)15-8-4-5-12-9-10-19-16(12)15/h3-11,19H,2H2,1H3,(H2,18,20,21). The number of hydrogen-bond donors (Lipinski definition) is 3. The first-order valence-corrected chi connectivity index (χ1v) is 6.99. The molecule has 1 aromatic heterocycles. The Morgan fingerprint density at radius 3 is 2.86 bits per heavy atom. The number of carbonyl (C=O) groups excluding carboxylic acids is 1. The second-order valence-electron chi connectivity index (χ2n) is 4.81. The van der Waals surface area contributed by atoms with Crippen molar-refractivity contribution in [2.24, 2.45) is 0 Å². The van der Waals surface area contributed by atoms with Crippen molar-refractivity contribution in [2.75, 3.05) is 11.9 Å². The average molecular weight is 279 g/mol. The number of amides is 2. The van der Waals surface area contributed by atoms with Crippen molar-refractivity contribution < 1.29 is 4.79 Å². The van der Waals surface area contributed by atoms with E-state index in [1.165, 1.54) is 5.39 Å². The van der Waals surface area contributed by atoms with E-state index in [0.29, 0.717) is 6.54 Å². The van der Waals surface area contributed by atoms with Crippen molar-refractivity contribution in [3.63, 3.8) is 0 Å². The zero-order valence-corrected chi connectivity index (χ0v) is 11.8. The van der Waals surface area contributed by atoms with Gasteiger partial charge in [-0.2, -0.15) is 0 Å². The summed E-state index contributed by atoms with van der Waals surface area (Å²) >= 11 is 0. The van der Waals surface area contributed by atoms with Crippen LogP contribution in [-0.4, -0.2) is 17.6 Å². The normalized spacial score (nSPS) is 10.5. The van der Waals surface area contributed by atoms with Gasteiger partial charge in [0.15, 0.2) is 0 Å². The number of nitrogens with one attached hydrogen (secondary N) is 3. The molecule has 0 fully saturated rings. The quantitative estimate of drug-likeness (QED) is 0.667. The summed E-state index contributed by atoms with van der Waals surface area (Å²) in [4.78, 5) is 14.9. The SMILES string of the molecule is CCNC(=O)Nc1cccc(-c2cccc3cc[nH]c23)c1. The van der Waals surface area contributed by atoms with E-state index in [0.717, 1.165) is 22.3 Å². The minimum atomic E-state index is -0.187. The zero-order valence-electron chi connectivity index (χ0n) is 11.8. The fourth-order valence-electron chi connectivity index (χ4n) is 2.43. The molecule has 0 aliphatic rings. The number of para-hydroxylation sites is 1. The molecule has 3 aromatic rings. The molecule has 0 spiro atoms. The Balaban J connectivity index is 1.96. The molecule has 2 amide bonds. The fourth-order valence-corrected chi connectivity index (χ4v) is 2.43. The molecular weight excluding hydrogens is 262 g/mol. The number of urea groups is 1. The van der Waals surface area contributed by atoms with Crippen LogP contribution in [0.2, 0.25) is 0 Å². The predicted octanol–water partition coefficient (Wildman–Crippen LogP) is 3.98. The molecule has 0 unspecified atom stereocenters. The summed E-state index contributed by atoms with van der Waals surface area (Å²) in [5.74, 6) is 0. The molecule has 3 rings (SSSR count). The van der Waals surface area contributed by atoms with Gasteiger partial charge in [0, 0.05) is 24.0 Å². The van der Waals surface area contributed by atoms with E-state index in [4.69, 9.17) is 0 Å². The predicted molar refractivity (Wildman–Crippen MR) is 86.4 cm³/mol. The van der Waals surface area contributed by atoms with Crippen molar-refractivity contribution in [2.45, 2.75) is 6.92 Å². The average Bonchev–Trinajstić information content (AvgIpc) is 2.96. The zero-order chi connectivity index (χ0) is 14.7. The highest BCUT2D eigenvalue weighted by atomic mass is 16.2. The maximum absolute atomic E-state index is 11.6. The second-order valence-corrected chi connectivity index (χ2v) is 4.81. The molecule has 0 bridgehead atoms. The molecule has 0 aliphatic carbocycles. The van der Waals surface area contributed by atoms with E-state index in [1.54, 1.807) is 0 Å². The highest BCUT2D eigenvalue weighted by Gasteiger charge is 2.06. The largest absolute Gasteiger partial charge is 0.361 e. The summed E-state index contributed by atoms with van der Waals surface area (Å²) in [6, 6.07) is 15.9. The van der Waals surface area contributed by atoms with Gasteiger partial charge in [-0.05, 0) is 36.1 Å². The van der Waals surface area contributed by atoms with Crippen LogP contribution >= 0.6 is 0 Å². The maximum atomic E-state index is 11.6. The molecule has 0 radical (unpaired) electrons. The number of rotatable bonds is 3. The Bertz CT molecular complexity index is 776. The third-order valence-electron chi connectivity index (χ3n) is 3.36. The maximum Gasteiger partial charge on any atom is 0.319 e. The van der Waals surface area contributed by atoms with Gasteiger partial charge in [0.25, 0.3) is 0 Å². The Hall–Kier alpha value is -2.75. The van der Waals surface area contributed by atoms with Crippen LogP contribution in [0.3, 0.4) is 0 Å². The number of aromatic nitrogens is 1. The molecule has 4 nitrogen and oxygen atoms in total. The van der Waals surface area contributed by atoms with Crippen LogP contribution in [0.5, 0.6) is 0 Å². The monoisotopic (exact) mass is 279 g/mol. The fraction of sp³-hybridized carbons (Fsp3) is 0.118. The second kappa shape index (κ2) is 5.71. The minimum absolute atomic E-state index is 0.187. The topological polar surface area (TPSA) is 56.9 Å². The number of H-pyrrole nitrogens is 1. The number of anilines is 1. The third kappa shape index (κ3) is 2.74. The van der Waals surface area contributed by atoms with Gasteiger partial charge in [-0.15, -0.1) is 0 Å². The molecule has 0 aliphatic heterocycles. The first kappa shape index (κ1) is 13.2. The number of carbonyl (C=O) groups is 1. The lowest BCUT2D eigenvalue weighted by molar-refractivity contribution is 0.252. The van der Waals surface area contributed by atoms with Crippen molar-refractivity contribution in [3.8, 4) is 11.1 Å². The summed E-state index contributed by atoms with van der Waals surface area (Å²) in [7, 11) is 0. The number of hydrogen-bond acceptors (Lipinski definition) is 1. The molecule has 0 atom stereocenters. The highest BCUT2D eigenvalue weighted by Crippen LogP contribution is 2.29. The number of fused-ring (bicyclic) bond motifs is 1. The molecule has 1 heterocycles. The van der Waals surface area contributed by atoms with Crippen LogP contribution in [0.4, 0.5) is 10.5 Å². The Kier molecular flexibility index (Phi) is 3.60. The van der Waals surface area contributed by atoms with Crippen molar-refractivity contribution in [1.82, 2.24) is 10.3 Å². The van der Waals surface area contributed by atoms with Crippen LogP contribution < -0.4 is 10.6 Å². The summed E-state index contributed by atoms with van der Waals surface area (Å²) < 4.78 is 0. The molecular formula is C17H17N3O. The van der Waals surface area contributed by atoms with Gasteiger partial charge in [-0.25, -0.2) is 4.79 Å². The van der Waals surface area contributed by atoms with Gasteiger partial charge in [0.1, 0.15) is 0 Å². The molecule has 21 heavy (non-hydrogen) atoms. The summed E-state index contributed by atoms with van der Waals surface area (Å²) in [5, 5.41) is 6.73. The molecule has 3 N–H and O–H groups in total. The lowest BCUT2D eigenvalue weighted by Gasteiger charge is -2.09. The molecule has 0 saturated carbocycles. The van der Waals surface area contributed by atoms with Crippen LogP contribution in [0.25, 0.3) is 22.0 Å². The molecule has 4 heteroatoms. The van der Waals surface area contributed by atoms with Crippen molar-refractivity contribution in [3.05, 3.63) is 54.7 Å². The van der Waals surface area contributed by atoms with Gasteiger partial charge in [0.2, 0.25) is 0 Å². The van der Waals surface area contributed by atoms with Crippen LogP contribution in [0.1, 0.15) is 6.92 Å². The highest BCUT2D eigenvalue weighted by molar-refractivity contribution is 5.95. The Morgan fingerprint density at radius 2 is 2.00 bits per heavy atom. The smallest absolute Gasteiger partial charge is 0.319 e. The summed E-state index contributed by atoms with van der Waals surface area (Å²) in [6.45, 7) is 2.50. The van der Waals surface area contributed by atoms with Gasteiger partial charge in [0.05, 0.1) is 5.52 Å². The van der Waals surface area contributed by atoms with E-state index < -0.39 is 0 Å². The molecule has 106 valence electrons. The van der Waals surface area contributed by atoms with Gasteiger partial charge in [-0.3, -0.25) is 0 Å². The van der Waals surface area contributed by atoms with E-state index >= 15 is 0 Å². The summed E-state index contributed by atoms with van der Waals surface area (Å²) in [6.07, 6.45) is 1.94. The lowest BCUT2D eigenvalue weighted by Crippen LogP contribution is -2.28. The van der Waals surface area contributed by atoms with Crippen LogP contribution in [0.15, 0.2) is 54.7 Å².